The van der Waals surface area contributed by atoms with Crippen LogP contribution in [-0.2, 0) is 6.54 Å². The molecule has 0 aliphatic rings. The molecule has 0 amide bonds. The third-order valence-corrected chi connectivity index (χ3v) is 3.03. The molecule has 0 fully saturated rings. The Hall–Kier alpha value is -2.51. The lowest BCUT2D eigenvalue weighted by atomic mass is 10.2. The molecule has 0 saturated heterocycles. The maximum absolute atomic E-state index is 11.3. The molecule has 0 unspecified atom stereocenters. The molecular weight excluding hydrogens is 272 g/mol. The highest BCUT2D eigenvalue weighted by Crippen LogP contribution is 2.30. The van der Waals surface area contributed by atoms with Crippen molar-refractivity contribution in [2.75, 3.05) is 11.9 Å². The fraction of sp³-hybridized carbons (Fsp3) is 0.462. The number of rotatable bonds is 6. The van der Waals surface area contributed by atoms with E-state index in [2.05, 4.69) is 20.4 Å². The largest absolute Gasteiger partial charge is 0.354 e. The predicted molar refractivity (Wildman–Crippen MR) is 79.1 cm³/mol. The van der Waals surface area contributed by atoms with E-state index in [0.29, 0.717) is 36.1 Å². The lowest BCUT2D eigenvalue weighted by molar-refractivity contribution is -0.385. The van der Waals surface area contributed by atoms with Gasteiger partial charge in [-0.15, -0.1) is 0 Å². The zero-order chi connectivity index (χ0) is 15.4. The molecule has 2 heterocycles. The summed E-state index contributed by atoms with van der Waals surface area (Å²) in [5, 5.41) is 18.6. The zero-order valence-corrected chi connectivity index (χ0v) is 12.3. The van der Waals surface area contributed by atoms with Gasteiger partial charge in [-0.3, -0.25) is 14.8 Å². The minimum absolute atomic E-state index is 0.0766. The monoisotopic (exact) mass is 290 g/mol. The van der Waals surface area contributed by atoms with Crippen molar-refractivity contribution in [1.29, 1.82) is 0 Å². The molecule has 8 nitrogen and oxygen atoms in total. The number of nitro groups is 1. The summed E-state index contributed by atoms with van der Waals surface area (Å²) in [7, 11) is 0. The van der Waals surface area contributed by atoms with E-state index in [0.717, 1.165) is 6.42 Å². The smallest absolute Gasteiger partial charge is 0.318 e. The molecule has 0 aromatic carbocycles. The summed E-state index contributed by atoms with van der Waals surface area (Å²) in [6.45, 7) is 6.89. The summed E-state index contributed by atoms with van der Waals surface area (Å²) in [5.74, 6) is 0.402. The van der Waals surface area contributed by atoms with Gasteiger partial charge in [0.1, 0.15) is 5.69 Å². The molecule has 0 aliphatic carbocycles. The van der Waals surface area contributed by atoms with Crippen LogP contribution in [0.25, 0.3) is 11.4 Å². The summed E-state index contributed by atoms with van der Waals surface area (Å²) < 4.78 is 1.68. The highest BCUT2D eigenvalue weighted by molar-refractivity contribution is 5.69. The molecule has 2 aromatic rings. The van der Waals surface area contributed by atoms with E-state index in [1.807, 2.05) is 13.8 Å². The molecule has 0 bridgehead atoms. The Kier molecular flexibility index (Phi) is 4.46. The van der Waals surface area contributed by atoms with Gasteiger partial charge in [0.15, 0.2) is 5.69 Å². The van der Waals surface area contributed by atoms with E-state index in [-0.39, 0.29) is 5.69 Å². The molecule has 1 N–H and O–H groups in total. The summed E-state index contributed by atoms with van der Waals surface area (Å²) in [4.78, 5) is 19.4. The van der Waals surface area contributed by atoms with Crippen molar-refractivity contribution in [3.8, 4) is 11.4 Å². The predicted octanol–water partition coefficient (Wildman–Crippen LogP) is 2.40. The van der Waals surface area contributed by atoms with Crippen LogP contribution in [0.1, 0.15) is 26.0 Å². The summed E-state index contributed by atoms with van der Waals surface area (Å²) >= 11 is 0. The number of nitrogens with one attached hydrogen (secondary N) is 1. The molecule has 2 rings (SSSR count). The minimum Gasteiger partial charge on any atom is -0.354 e. The topological polar surface area (TPSA) is 98.8 Å². The molecule has 21 heavy (non-hydrogen) atoms. The summed E-state index contributed by atoms with van der Waals surface area (Å²) in [5.41, 5.74) is 1.18. The van der Waals surface area contributed by atoms with Crippen LogP contribution >= 0.6 is 0 Å². The van der Waals surface area contributed by atoms with Crippen LogP contribution in [-0.4, -0.2) is 31.2 Å². The summed E-state index contributed by atoms with van der Waals surface area (Å²) in [6.07, 6.45) is 2.53. The number of hydrogen-bond donors (Lipinski definition) is 1. The van der Waals surface area contributed by atoms with Crippen LogP contribution < -0.4 is 5.32 Å². The van der Waals surface area contributed by atoms with Crippen molar-refractivity contribution < 1.29 is 4.92 Å². The Labute approximate surface area is 122 Å². The molecular formula is C13H18N6O2. The number of aryl methyl sites for hydroxylation is 2. The minimum atomic E-state index is -0.443. The van der Waals surface area contributed by atoms with Crippen molar-refractivity contribution in [1.82, 2.24) is 19.7 Å². The molecule has 0 atom stereocenters. The second-order valence-corrected chi connectivity index (χ2v) is 4.55. The Morgan fingerprint density at radius 3 is 2.76 bits per heavy atom. The Balaban J connectivity index is 2.60. The van der Waals surface area contributed by atoms with Crippen molar-refractivity contribution in [3.05, 3.63) is 28.1 Å². The lowest BCUT2D eigenvalue weighted by Crippen LogP contribution is -2.10. The second-order valence-electron chi connectivity index (χ2n) is 4.55. The van der Waals surface area contributed by atoms with Gasteiger partial charge in [0.2, 0.25) is 5.95 Å². The van der Waals surface area contributed by atoms with E-state index < -0.39 is 4.92 Å². The third-order valence-electron chi connectivity index (χ3n) is 3.03. The van der Waals surface area contributed by atoms with Crippen LogP contribution in [0.3, 0.4) is 0 Å². The molecule has 2 aromatic heterocycles. The standard InChI is InChI=1S/C13H18N6O2/c1-4-7-14-13-16-9(3)12(19(20)21)11(17-13)10-6-8-15-18(10)5-2/h6,8H,4-5,7H2,1-3H3,(H,14,16,17). The van der Waals surface area contributed by atoms with Crippen molar-refractivity contribution in [2.45, 2.75) is 33.7 Å². The van der Waals surface area contributed by atoms with Crippen LogP contribution in [0.5, 0.6) is 0 Å². The normalized spacial score (nSPS) is 10.6. The van der Waals surface area contributed by atoms with E-state index in [9.17, 15) is 10.1 Å². The quantitative estimate of drug-likeness (QED) is 0.648. The molecule has 8 heteroatoms. The summed E-state index contributed by atoms with van der Waals surface area (Å²) in [6, 6.07) is 1.72. The highest BCUT2D eigenvalue weighted by Gasteiger charge is 2.25. The first-order chi connectivity index (χ1) is 10.1. The van der Waals surface area contributed by atoms with Gasteiger partial charge < -0.3 is 5.32 Å². The number of aromatic nitrogens is 4. The molecule has 112 valence electrons. The number of nitrogens with zero attached hydrogens (tertiary/aromatic N) is 5. The maximum Gasteiger partial charge on any atom is 0.318 e. The van der Waals surface area contributed by atoms with Crippen molar-refractivity contribution in [3.63, 3.8) is 0 Å². The number of hydrogen-bond acceptors (Lipinski definition) is 6. The van der Waals surface area contributed by atoms with Crippen LogP contribution in [0.2, 0.25) is 0 Å². The molecule has 0 saturated carbocycles. The first kappa shape index (κ1) is 14.9. The van der Waals surface area contributed by atoms with E-state index in [1.54, 1.807) is 23.9 Å². The van der Waals surface area contributed by atoms with Gasteiger partial charge in [-0.05, 0) is 26.3 Å². The van der Waals surface area contributed by atoms with Gasteiger partial charge in [0.25, 0.3) is 0 Å². The molecule has 0 aliphatic heterocycles. The van der Waals surface area contributed by atoms with Gasteiger partial charge >= 0.3 is 5.69 Å². The fourth-order valence-corrected chi connectivity index (χ4v) is 2.07. The molecule has 0 spiro atoms. The van der Waals surface area contributed by atoms with Crippen molar-refractivity contribution >= 4 is 11.6 Å². The van der Waals surface area contributed by atoms with Gasteiger partial charge in [0, 0.05) is 19.3 Å². The first-order valence-corrected chi connectivity index (χ1v) is 6.87. The van der Waals surface area contributed by atoms with Crippen LogP contribution in [0.15, 0.2) is 12.3 Å². The maximum atomic E-state index is 11.3. The Morgan fingerprint density at radius 2 is 2.14 bits per heavy atom. The Bertz CT molecular complexity index is 652. The van der Waals surface area contributed by atoms with Gasteiger partial charge in [-0.1, -0.05) is 6.92 Å². The van der Waals surface area contributed by atoms with Gasteiger partial charge in [-0.2, -0.15) is 5.10 Å². The highest BCUT2D eigenvalue weighted by atomic mass is 16.6. The van der Waals surface area contributed by atoms with Crippen LogP contribution in [0.4, 0.5) is 11.6 Å². The van der Waals surface area contributed by atoms with E-state index in [1.165, 1.54) is 0 Å². The van der Waals surface area contributed by atoms with E-state index >= 15 is 0 Å². The fourth-order valence-electron chi connectivity index (χ4n) is 2.07. The average Bonchev–Trinajstić information content (AvgIpc) is 2.92. The SMILES string of the molecule is CCCNc1nc(C)c([N+](=O)[O-])c(-c2ccnn2CC)n1. The molecule has 0 radical (unpaired) electrons. The average molecular weight is 290 g/mol. The zero-order valence-electron chi connectivity index (χ0n) is 12.3. The van der Waals surface area contributed by atoms with Crippen molar-refractivity contribution in [2.24, 2.45) is 0 Å². The van der Waals surface area contributed by atoms with Gasteiger partial charge in [0.05, 0.1) is 10.6 Å². The third kappa shape index (κ3) is 2.99. The van der Waals surface area contributed by atoms with Gasteiger partial charge in [-0.25, -0.2) is 9.97 Å². The number of anilines is 1. The Morgan fingerprint density at radius 1 is 1.38 bits per heavy atom. The second kappa shape index (κ2) is 6.29. The first-order valence-electron chi connectivity index (χ1n) is 6.87. The lowest BCUT2D eigenvalue weighted by Gasteiger charge is -2.09. The van der Waals surface area contributed by atoms with E-state index in [4.69, 9.17) is 0 Å². The van der Waals surface area contributed by atoms with Crippen LogP contribution in [0, 0.1) is 17.0 Å².